The monoisotopic (exact) mass is 212 g/mol. The van der Waals surface area contributed by atoms with Crippen molar-refractivity contribution in [3.63, 3.8) is 0 Å². The third kappa shape index (κ3) is 1.66. The van der Waals surface area contributed by atoms with Crippen molar-refractivity contribution < 1.29 is 14.7 Å². The number of aliphatic hydroxyl groups is 1. The first kappa shape index (κ1) is 10.6. The van der Waals surface area contributed by atoms with Gasteiger partial charge in [0.25, 0.3) is 0 Å². The highest BCUT2D eigenvalue weighted by atomic mass is 16.3. The SMILES string of the molecule is CN1C(=O)[C@H]2CCN(CCO)C[C@H]2C1=O. The molecule has 2 aliphatic heterocycles. The predicted molar refractivity (Wildman–Crippen MR) is 52.9 cm³/mol. The number of amides is 2. The van der Waals surface area contributed by atoms with Crippen LogP contribution in [0.4, 0.5) is 0 Å². The fraction of sp³-hybridized carbons (Fsp3) is 0.800. The Morgan fingerprint density at radius 1 is 1.33 bits per heavy atom. The average Bonchev–Trinajstić information content (AvgIpc) is 2.45. The van der Waals surface area contributed by atoms with E-state index in [9.17, 15) is 9.59 Å². The standard InChI is InChI=1S/C10H16N2O3/c1-11-9(14)7-2-3-12(4-5-13)6-8(7)10(11)15/h7-8,13H,2-6H2,1H3/t7-,8+/m0/s1. The van der Waals surface area contributed by atoms with Gasteiger partial charge in [0.05, 0.1) is 18.4 Å². The van der Waals surface area contributed by atoms with Crippen LogP contribution in [0.3, 0.4) is 0 Å². The number of carbonyl (C=O) groups is 2. The fourth-order valence-corrected chi connectivity index (χ4v) is 2.52. The summed E-state index contributed by atoms with van der Waals surface area (Å²) in [5, 5.41) is 8.82. The smallest absolute Gasteiger partial charge is 0.234 e. The summed E-state index contributed by atoms with van der Waals surface area (Å²) in [7, 11) is 1.55. The quantitative estimate of drug-likeness (QED) is 0.591. The topological polar surface area (TPSA) is 60.9 Å². The van der Waals surface area contributed by atoms with Crippen LogP contribution in [0.15, 0.2) is 0 Å². The molecular formula is C10H16N2O3. The summed E-state index contributed by atoms with van der Waals surface area (Å²) < 4.78 is 0. The molecule has 84 valence electrons. The third-order valence-corrected chi connectivity index (χ3v) is 3.41. The zero-order valence-corrected chi connectivity index (χ0v) is 8.85. The zero-order chi connectivity index (χ0) is 11.0. The van der Waals surface area contributed by atoms with Crippen molar-refractivity contribution in [1.29, 1.82) is 0 Å². The summed E-state index contributed by atoms with van der Waals surface area (Å²) in [5.74, 6) is -0.387. The molecule has 0 spiro atoms. The van der Waals surface area contributed by atoms with Gasteiger partial charge in [-0.25, -0.2) is 0 Å². The molecule has 1 N–H and O–H groups in total. The largest absolute Gasteiger partial charge is 0.395 e. The Balaban J connectivity index is 2.08. The van der Waals surface area contributed by atoms with Gasteiger partial charge in [0.1, 0.15) is 0 Å². The van der Waals surface area contributed by atoms with Gasteiger partial charge in [-0.05, 0) is 13.0 Å². The first-order valence-electron chi connectivity index (χ1n) is 5.29. The Kier molecular flexibility index (Phi) is 2.75. The zero-order valence-electron chi connectivity index (χ0n) is 8.85. The van der Waals surface area contributed by atoms with E-state index in [4.69, 9.17) is 5.11 Å². The van der Waals surface area contributed by atoms with E-state index < -0.39 is 0 Å². The van der Waals surface area contributed by atoms with Crippen LogP contribution >= 0.6 is 0 Å². The highest BCUT2D eigenvalue weighted by Gasteiger charge is 2.47. The van der Waals surface area contributed by atoms with Gasteiger partial charge >= 0.3 is 0 Å². The molecule has 5 heteroatoms. The Bertz CT molecular complexity index is 292. The Morgan fingerprint density at radius 3 is 2.67 bits per heavy atom. The van der Waals surface area contributed by atoms with Crippen LogP contribution in [-0.4, -0.2) is 60.0 Å². The molecule has 0 bridgehead atoms. The highest BCUT2D eigenvalue weighted by molar-refractivity contribution is 6.05. The van der Waals surface area contributed by atoms with Crippen LogP contribution in [0.2, 0.25) is 0 Å². The van der Waals surface area contributed by atoms with Crippen LogP contribution in [-0.2, 0) is 9.59 Å². The maximum atomic E-state index is 11.7. The summed E-state index contributed by atoms with van der Waals surface area (Å²) in [4.78, 5) is 26.7. The van der Waals surface area contributed by atoms with Gasteiger partial charge in [-0.15, -0.1) is 0 Å². The van der Waals surface area contributed by atoms with Gasteiger partial charge in [0.15, 0.2) is 0 Å². The molecule has 15 heavy (non-hydrogen) atoms. The molecule has 2 rings (SSSR count). The molecule has 2 aliphatic rings. The molecule has 0 saturated carbocycles. The number of nitrogens with zero attached hydrogens (tertiary/aromatic N) is 2. The van der Waals surface area contributed by atoms with E-state index in [0.29, 0.717) is 13.1 Å². The van der Waals surface area contributed by atoms with Crippen molar-refractivity contribution >= 4 is 11.8 Å². The molecule has 2 heterocycles. The summed E-state index contributed by atoms with van der Waals surface area (Å²) in [6.07, 6.45) is 0.736. The third-order valence-electron chi connectivity index (χ3n) is 3.41. The van der Waals surface area contributed by atoms with Crippen molar-refractivity contribution in [2.75, 3.05) is 33.3 Å². The number of carbonyl (C=O) groups excluding carboxylic acids is 2. The van der Waals surface area contributed by atoms with E-state index in [2.05, 4.69) is 0 Å². The second kappa shape index (κ2) is 3.90. The molecule has 0 unspecified atom stereocenters. The van der Waals surface area contributed by atoms with Crippen molar-refractivity contribution in [1.82, 2.24) is 9.80 Å². The number of imide groups is 1. The highest BCUT2D eigenvalue weighted by Crippen LogP contribution is 2.32. The minimum atomic E-state index is -0.178. The van der Waals surface area contributed by atoms with E-state index in [0.717, 1.165) is 13.0 Å². The Labute approximate surface area is 88.6 Å². The number of piperidine rings is 1. The molecule has 0 aliphatic carbocycles. The molecule has 0 aromatic heterocycles. The van der Waals surface area contributed by atoms with Crippen LogP contribution in [0.1, 0.15) is 6.42 Å². The van der Waals surface area contributed by atoms with E-state index in [1.165, 1.54) is 4.90 Å². The summed E-state index contributed by atoms with van der Waals surface area (Å²) in [6.45, 7) is 2.11. The number of fused-ring (bicyclic) bond motifs is 1. The van der Waals surface area contributed by atoms with Crippen LogP contribution in [0.5, 0.6) is 0 Å². The molecule has 2 amide bonds. The van der Waals surface area contributed by atoms with Gasteiger partial charge in [-0.3, -0.25) is 14.5 Å². The van der Waals surface area contributed by atoms with Crippen molar-refractivity contribution in [3.8, 4) is 0 Å². The number of hydrogen-bond acceptors (Lipinski definition) is 4. The predicted octanol–water partition coefficient (Wildman–Crippen LogP) is -1.08. The number of rotatable bonds is 2. The van der Waals surface area contributed by atoms with Crippen molar-refractivity contribution in [2.45, 2.75) is 6.42 Å². The van der Waals surface area contributed by atoms with Crippen LogP contribution < -0.4 is 0 Å². The lowest BCUT2D eigenvalue weighted by Gasteiger charge is -2.31. The maximum absolute atomic E-state index is 11.7. The number of aliphatic hydroxyl groups excluding tert-OH is 1. The summed E-state index contributed by atoms with van der Waals surface area (Å²) >= 11 is 0. The molecule has 0 aromatic carbocycles. The average molecular weight is 212 g/mol. The van der Waals surface area contributed by atoms with E-state index in [1.54, 1.807) is 7.05 Å². The van der Waals surface area contributed by atoms with Crippen molar-refractivity contribution in [2.24, 2.45) is 11.8 Å². The molecule has 5 nitrogen and oxygen atoms in total. The lowest BCUT2D eigenvalue weighted by Crippen LogP contribution is -2.42. The second-order valence-corrected chi connectivity index (χ2v) is 4.26. The molecule has 2 saturated heterocycles. The minimum Gasteiger partial charge on any atom is -0.395 e. The Hall–Kier alpha value is -0.940. The minimum absolute atomic E-state index is 0.0337. The van der Waals surface area contributed by atoms with E-state index in [-0.39, 0.29) is 30.3 Å². The lowest BCUT2D eigenvalue weighted by molar-refractivity contribution is -0.138. The number of β-amino-alcohol motifs (C(OH)–C–C–N with tert-alkyl or cyclic N) is 1. The first-order valence-corrected chi connectivity index (χ1v) is 5.29. The van der Waals surface area contributed by atoms with Crippen LogP contribution in [0, 0.1) is 11.8 Å². The van der Waals surface area contributed by atoms with Gasteiger partial charge in [-0.2, -0.15) is 0 Å². The normalized spacial score (nSPS) is 32.3. The summed E-state index contributed by atoms with van der Waals surface area (Å²) in [5.41, 5.74) is 0. The first-order chi connectivity index (χ1) is 7.15. The van der Waals surface area contributed by atoms with Gasteiger partial charge in [-0.1, -0.05) is 0 Å². The van der Waals surface area contributed by atoms with Gasteiger partial charge in [0, 0.05) is 20.1 Å². The second-order valence-electron chi connectivity index (χ2n) is 4.26. The molecule has 0 radical (unpaired) electrons. The fourth-order valence-electron chi connectivity index (χ4n) is 2.52. The lowest BCUT2D eigenvalue weighted by atomic mass is 9.88. The van der Waals surface area contributed by atoms with E-state index in [1.807, 2.05) is 4.90 Å². The molecule has 2 atom stereocenters. The molecular weight excluding hydrogens is 196 g/mol. The van der Waals surface area contributed by atoms with Crippen molar-refractivity contribution in [3.05, 3.63) is 0 Å². The van der Waals surface area contributed by atoms with Gasteiger partial charge in [0.2, 0.25) is 11.8 Å². The molecule has 0 aromatic rings. The molecule has 2 fully saturated rings. The van der Waals surface area contributed by atoms with E-state index >= 15 is 0 Å². The number of likely N-dealkylation sites (tertiary alicyclic amines) is 2. The van der Waals surface area contributed by atoms with Crippen LogP contribution in [0.25, 0.3) is 0 Å². The van der Waals surface area contributed by atoms with Gasteiger partial charge < -0.3 is 10.0 Å². The Morgan fingerprint density at radius 2 is 2.00 bits per heavy atom. The number of hydrogen-bond donors (Lipinski definition) is 1. The summed E-state index contributed by atoms with van der Waals surface area (Å²) in [6, 6.07) is 0. The maximum Gasteiger partial charge on any atom is 0.234 e.